The zero-order valence-corrected chi connectivity index (χ0v) is 11.5. The standard InChI is InChI=1S/C14H12F3N5/c1-8(9-2-4-10(5-3-9)14(15,16)17)22-13-11(6-21-22)12(18)19-7-20-13/h2-8H,1H3,(H2,18,19,20)/t8-/m1/s1. The van der Waals surface area contributed by atoms with Crippen molar-refractivity contribution in [2.45, 2.75) is 19.1 Å². The predicted molar refractivity (Wildman–Crippen MR) is 75.0 cm³/mol. The lowest BCUT2D eigenvalue weighted by atomic mass is 10.1. The van der Waals surface area contributed by atoms with Crippen molar-refractivity contribution in [1.29, 1.82) is 0 Å². The molecule has 0 saturated heterocycles. The van der Waals surface area contributed by atoms with E-state index in [0.29, 0.717) is 22.4 Å². The van der Waals surface area contributed by atoms with Crippen molar-refractivity contribution in [1.82, 2.24) is 19.7 Å². The van der Waals surface area contributed by atoms with E-state index >= 15 is 0 Å². The smallest absolute Gasteiger partial charge is 0.383 e. The lowest BCUT2D eigenvalue weighted by molar-refractivity contribution is -0.137. The Kier molecular flexibility index (Phi) is 3.23. The molecule has 0 unspecified atom stereocenters. The van der Waals surface area contributed by atoms with Gasteiger partial charge in [-0.15, -0.1) is 0 Å². The molecule has 2 aromatic heterocycles. The Morgan fingerprint density at radius 3 is 2.45 bits per heavy atom. The van der Waals surface area contributed by atoms with Crippen molar-refractivity contribution in [3.8, 4) is 0 Å². The molecule has 0 bridgehead atoms. The Morgan fingerprint density at radius 2 is 1.82 bits per heavy atom. The van der Waals surface area contributed by atoms with E-state index in [9.17, 15) is 13.2 Å². The highest BCUT2D eigenvalue weighted by atomic mass is 19.4. The fraction of sp³-hybridized carbons (Fsp3) is 0.214. The van der Waals surface area contributed by atoms with Crippen LogP contribution in [0, 0.1) is 0 Å². The number of anilines is 1. The molecule has 0 amide bonds. The predicted octanol–water partition coefficient (Wildman–Crippen LogP) is 3.04. The summed E-state index contributed by atoms with van der Waals surface area (Å²) in [6.07, 6.45) is -1.47. The van der Waals surface area contributed by atoms with Crippen molar-refractivity contribution in [3.05, 3.63) is 47.9 Å². The van der Waals surface area contributed by atoms with Gasteiger partial charge in [0.25, 0.3) is 0 Å². The fourth-order valence-electron chi connectivity index (χ4n) is 2.26. The van der Waals surface area contributed by atoms with Crippen molar-refractivity contribution in [3.63, 3.8) is 0 Å². The molecule has 8 heteroatoms. The third-order valence-electron chi connectivity index (χ3n) is 3.51. The molecular weight excluding hydrogens is 295 g/mol. The second-order valence-corrected chi connectivity index (χ2v) is 4.88. The number of alkyl halides is 3. The Hall–Kier alpha value is -2.64. The largest absolute Gasteiger partial charge is 0.416 e. The molecule has 5 nitrogen and oxygen atoms in total. The summed E-state index contributed by atoms with van der Waals surface area (Å²) >= 11 is 0. The first-order chi connectivity index (χ1) is 10.4. The molecule has 1 aromatic carbocycles. The third-order valence-corrected chi connectivity index (χ3v) is 3.51. The lowest BCUT2D eigenvalue weighted by Gasteiger charge is -2.14. The molecule has 0 aliphatic rings. The van der Waals surface area contributed by atoms with Gasteiger partial charge in [0, 0.05) is 0 Å². The zero-order valence-electron chi connectivity index (χ0n) is 11.5. The molecule has 0 spiro atoms. The number of aromatic nitrogens is 4. The number of benzene rings is 1. The summed E-state index contributed by atoms with van der Waals surface area (Å²) in [6, 6.07) is 4.70. The van der Waals surface area contributed by atoms with Gasteiger partial charge >= 0.3 is 6.18 Å². The highest BCUT2D eigenvalue weighted by Gasteiger charge is 2.30. The van der Waals surface area contributed by atoms with Crippen LogP contribution in [0.5, 0.6) is 0 Å². The van der Waals surface area contributed by atoms with Gasteiger partial charge in [-0.25, -0.2) is 14.6 Å². The molecule has 2 N–H and O–H groups in total. The Morgan fingerprint density at radius 1 is 1.14 bits per heavy atom. The Balaban J connectivity index is 1.99. The van der Waals surface area contributed by atoms with Crippen molar-refractivity contribution in [2.24, 2.45) is 0 Å². The number of nitrogen functional groups attached to an aromatic ring is 1. The van der Waals surface area contributed by atoms with Crippen LogP contribution in [-0.4, -0.2) is 19.7 Å². The van der Waals surface area contributed by atoms with E-state index in [1.807, 2.05) is 6.92 Å². The minimum absolute atomic E-state index is 0.283. The number of nitrogens with zero attached hydrogens (tertiary/aromatic N) is 4. The molecule has 3 aromatic rings. The molecule has 1 atom stereocenters. The molecule has 0 aliphatic heterocycles. The van der Waals surface area contributed by atoms with E-state index in [-0.39, 0.29) is 6.04 Å². The highest BCUT2D eigenvalue weighted by Crippen LogP contribution is 2.31. The first kappa shape index (κ1) is 14.3. The van der Waals surface area contributed by atoms with Crippen molar-refractivity contribution >= 4 is 16.9 Å². The average molecular weight is 307 g/mol. The molecular formula is C14H12F3N5. The number of fused-ring (bicyclic) bond motifs is 1. The maximum atomic E-state index is 12.6. The molecule has 2 heterocycles. The van der Waals surface area contributed by atoms with Gasteiger partial charge in [-0.05, 0) is 24.6 Å². The molecule has 3 rings (SSSR count). The van der Waals surface area contributed by atoms with Crippen LogP contribution in [0.25, 0.3) is 11.0 Å². The monoisotopic (exact) mass is 307 g/mol. The summed E-state index contributed by atoms with van der Waals surface area (Å²) in [4.78, 5) is 8.01. The SMILES string of the molecule is C[C@H](c1ccc(C(F)(F)F)cc1)n1ncc2c(N)ncnc21. The Bertz CT molecular complexity index is 807. The van der Waals surface area contributed by atoms with Gasteiger partial charge in [-0.1, -0.05) is 12.1 Å². The van der Waals surface area contributed by atoms with Crippen LogP contribution in [-0.2, 0) is 6.18 Å². The molecule has 0 aliphatic carbocycles. The number of halogens is 3. The van der Waals surface area contributed by atoms with Crippen LogP contribution in [0.2, 0.25) is 0 Å². The van der Waals surface area contributed by atoms with E-state index in [1.165, 1.54) is 18.5 Å². The number of hydrogen-bond donors (Lipinski definition) is 1. The first-order valence-electron chi connectivity index (χ1n) is 6.49. The quantitative estimate of drug-likeness (QED) is 0.790. The molecule has 0 radical (unpaired) electrons. The average Bonchev–Trinajstić information content (AvgIpc) is 2.91. The number of hydrogen-bond acceptors (Lipinski definition) is 4. The van der Waals surface area contributed by atoms with Gasteiger partial charge in [0.05, 0.1) is 23.2 Å². The number of nitrogens with two attached hydrogens (primary N) is 1. The molecule has 0 saturated carbocycles. The molecule has 22 heavy (non-hydrogen) atoms. The summed E-state index contributed by atoms with van der Waals surface area (Å²) in [7, 11) is 0. The van der Waals surface area contributed by atoms with Crippen LogP contribution in [0.4, 0.5) is 19.0 Å². The first-order valence-corrected chi connectivity index (χ1v) is 6.49. The van der Waals surface area contributed by atoms with Crippen LogP contribution in [0.1, 0.15) is 24.1 Å². The fourth-order valence-corrected chi connectivity index (χ4v) is 2.26. The second kappa shape index (κ2) is 4.97. The van der Waals surface area contributed by atoms with Crippen LogP contribution < -0.4 is 5.73 Å². The van der Waals surface area contributed by atoms with Gasteiger partial charge in [0.2, 0.25) is 0 Å². The van der Waals surface area contributed by atoms with Crippen molar-refractivity contribution in [2.75, 3.05) is 5.73 Å². The highest BCUT2D eigenvalue weighted by molar-refractivity contribution is 5.84. The van der Waals surface area contributed by atoms with Gasteiger partial charge in [0.15, 0.2) is 5.65 Å². The minimum Gasteiger partial charge on any atom is -0.383 e. The van der Waals surface area contributed by atoms with E-state index in [0.717, 1.165) is 12.1 Å². The summed E-state index contributed by atoms with van der Waals surface area (Å²) in [5, 5.41) is 4.83. The Labute approximate surface area is 123 Å². The minimum atomic E-state index is -4.35. The summed E-state index contributed by atoms with van der Waals surface area (Å²) in [5.41, 5.74) is 6.30. The summed E-state index contributed by atoms with van der Waals surface area (Å²) < 4.78 is 39.4. The second-order valence-electron chi connectivity index (χ2n) is 4.88. The normalized spacial score (nSPS) is 13.5. The van der Waals surface area contributed by atoms with Gasteiger partial charge in [-0.3, -0.25) is 0 Å². The third kappa shape index (κ3) is 2.36. The maximum Gasteiger partial charge on any atom is 0.416 e. The maximum absolute atomic E-state index is 12.6. The summed E-state index contributed by atoms with van der Waals surface area (Å²) in [5.74, 6) is 0.316. The topological polar surface area (TPSA) is 69.6 Å². The van der Waals surface area contributed by atoms with Gasteiger partial charge in [0.1, 0.15) is 12.1 Å². The summed E-state index contributed by atoms with van der Waals surface area (Å²) in [6.45, 7) is 1.83. The van der Waals surface area contributed by atoms with Gasteiger partial charge in [-0.2, -0.15) is 18.3 Å². The van der Waals surface area contributed by atoms with E-state index < -0.39 is 11.7 Å². The van der Waals surface area contributed by atoms with E-state index in [1.54, 1.807) is 10.9 Å². The molecule has 0 fully saturated rings. The number of rotatable bonds is 2. The van der Waals surface area contributed by atoms with Crippen LogP contribution in [0.15, 0.2) is 36.8 Å². The van der Waals surface area contributed by atoms with Crippen LogP contribution >= 0.6 is 0 Å². The zero-order chi connectivity index (χ0) is 15.9. The van der Waals surface area contributed by atoms with Crippen molar-refractivity contribution < 1.29 is 13.2 Å². The van der Waals surface area contributed by atoms with E-state index in [2.05, 4.69) is 15.1 Å². The molecule has 114 valence electrons. The van der Waals surface area contributed by atoms with E-state index in [4.69, 9.17) is 5.73 Å². The van der Waals surface area contributed by atoms with Gasteiger partial charge < -0.3 is 5.73 Å². The van der Waals surface area contributed by atoms with Crippen LogP contribution in [0.3, 0.4) is 0 Å². The lowest BCUT2D eigenvalue weighted by Crippen LogP contribution is -2.10.